The Balaban J connectivity index is 2.24. The molecule has 6 heteroatoms. The molecule has 0 saturated heterocycles. The fourth-order valence-electron chi connectivity index (χ4n) is 2.29. The summed E-state index contributed by atoms with van der Waals surface area (Å²) in [5.74, 6) is -2.14. The van der Waals surface area contributed by atoms with Gasteiger partial charge in [-0.3, -0.25) is 14.4 Å². The molecular weight excluding hydrogens is 260 g/mol. The first kappa shape index (κ1) is 14.0. The van der Waals surface area contributed by atoms with Crippen molar-refractivity contribution in [2.24, 2.45) is 5.92 Å². The molecule has 1 aromatic carbocycles. The van der Waals surface area contributed by atoms with Gasteiger partial charge >= 0.3 is 5.97 Å². The van der Waals surface area contributed by atoms with Gasteiger partial charge in [0.25, 0.3) is 0 Å². The molecule has 0 fully saturated rings. The van der Waals surface area contributed by atoms with Gasteiger partial charge in [0.15, 0.2) is 0 Å². The molecule has 2 amide bonds. The number of hydrogen-bond acceptors (Lipinski definition) is 3. The molecule has 2 N–H and O–H groups in total. The van der Waals surface area contributed by atoms with E-state index in [2.05, 4.69) is 5.32 Å². The summed E-state index contributed by atoms with van der Waals surface area (Å²) in [6.07, 6.45) is 0.412. The molecule has 6 nitrogen and oxygen atoms in total. The Morgan fingerprint density at radius 1 is 1.35 bits per heavy atom. The van der Waals surface area contributed by atoms with Crippen molar-refractivity contribution in [2.75, 3.05) is 18.0 Å². The van der Waals surface area contributed by atoms with Crippen LogP contribution in [0.1, 0.15) is 12.5 Å². The number of rotatable bonds is 3. The van der Waals surface area contributed by atoms with Crippen molar-refractivity contribution in [3.63, 3.8) is 0 Å². The smallest absolute Gasteiger partial charge is 0.308 e. The average Bonchev–Trinajstić information content (AvgIpc) is 2.43. The molecule has 0 aliphatic carbocycles. The lowest BCUT2D eigenvalue weighted by molar-refractivity contribution is -0.141. The molecule has 0 aromatic heterocycles. The third-order valence-corrected chi connectivity index (χ3v) is 3.29. The first-order valence-electron chi connectivity index (χ1n) is 6.34. The van der Waals surface area contributed by atoms with E-state index >= 15 is 0 Å². The maximum absolute atomic E-state index is 12.2. The van der Waals surface area contributed by atoms with Crippen LogP contribution in [0.2, 0.25) is 0 Å². The van der Waals surface area contributed by atoms with E-state index in [0.29, 0.717) is 6.42 Å². The molecule has 1 heterocycles. The molecule has 1 aromatic rings. The number of benzene rings is 1. The van der Waals surface area contributed by atoms with Gasteiger partial charge in [-0.1, -0.05) is 18.2 Å². The van der Waals surface area contributed by atoms with Crippen LogP contribution in [-0.4, -0.2) is 36.0 Å². The number of hydrogen-bond donors (Lipinski definition) is 2. The van der Waals surface area contributed by atoms with Crippen LogP contribution >= 0.6 is 0 Å². The van der Waals surface area contributed by atoms with Crippen LogP contribution in [-0.2, 0) is 20.8 Å². The average molecular weight is 276 g/mol. The second-order valence-corrected chi connectivity index (χ2v) is 4.78. The molecule has 1 aliphatic heterocycles. The highest BCUT2D eigenvalue weighted by Crippen LogP contribution is 2.29. The fraction of sp³-hybridized carbons (Fsp3) is 0.357. The maximum Gasteiger partial charge on any atom is 0.308 e. The Hall–Kier alpha value is -2.37. The number of anilines is 1. The molecule has 0 spiro atoms. The lowest BCUT2D eigenvalue weighted by Crippen LogP contribution is -2.46. The number of para-hydroxylation sites is 1. The number of nitrogens with zero attached hydrogens (tertiary/aromatic N) is 1. The van der Waals surface area contributed by atoms with E-state index in [-0.39, 0.29) is 24.9 Å². The Bertz CT molecular complexity index is 556. The van der Waals surface area contributed by atoms with E-state index in [1.807, 2.05) is 12.1 Å². The normalized spacial score (nSPS) is 17.2. The Morgan fingerprint density at radius 2 is 2.05 bits per heavy atom. The highest BCUT2D eigenvalue weighted by Gasteiger charge is 2.31. The maximum atomic E-state index is 12.2. The molecule has 0 saturated carbocycles. The van der Waals surface area contributed by atoms with E-state index in [4.69, 9.17) is 0 Å². The Morgan fingerprint density at radius 3 is 2.70 bits per heavy atom. The van der Waals surface area contributed by atoms with E-state index in [9.17, 15) is 19.5 Å². The van der Waals surface area contributed by atoms with E-state index < -0.39 is 11.9 Å². The van der Waals surface area contributed by atoms with E-state index in [0.717, 1.165) is 11.3 Å². The van der Waals surface area contributed by atoms with Crippen molar-refractivity contribution in [1.82, 2.24) is 5.32 Å². The van der Waals surface area contributed by atoms with Gasteiger partial charge in [0, 0.05) is 19.2 Å². The van der Waals surface area contributed by atoms with Gasteiger partial charge in [0.05, 0.1) is 12.5 Å². The van der Waals surface area contributed by atoms with Crippen molar-refractivity contribution in [2.45, 2.75) is 13.3 Å². The molecule has 0 bridgehead atoms. The van der Waals surface area contributed by atoms with Crippen molar-refractivity contribution < 1.29 is 19.5 Å². The molecule has 1 atom stereocenters. The number of carbonyl (C=O) groups is 3. The zero-order chi connectivity index (χ0) is 14.7. The summed E-state index contributed by atoms with van der Waals surface area (Å²) in [6.45, 7) is 1.33. The van der Waals surface area contributed by atoms with Crippen LogP contribution < -0.4 is 10.2 Å². The molecule has 1 aliphatic rings. The standard InChI is InChI=1S/C14H16N2O4/c1-9(17)15-7-13(18)16-8-11(14(19)20)6-10-4-2-3-5-12(10)16/h2-5,11H,6-8H2,1H3,(H,15,17)(H,19,20). The lowest BCUT2D eigenvalue weighted by atomic mass is 9.92. The Labute approximate surface area is 116 Å². The minimum Gasteiger partial charge on any atom is -0.481 e. The van der Waals surface area contributed by atoms with Crippen molar-refractivity contribution in [3.05, 3.63) is 29.8 Å². The van der Waals surface area contributed by atoms with Crippen LogP contribution in [0.3, 0.4) is 0 Å². The van der Waals surface area contributed by atoms with Gasteiger partial charge in [-0.15, -0.1) is 0 Å². The monoisotopic (exact) mass is 276 g/mol. The van der Waals surface area contributed by atoms with Gasteiger partial charge in [-0.05, 0) is 18.1 Å². The van der Waals surface area contributed by atoms with Gasteiger partial charge in [0.1, 0.15) is 0 Å². The number of amides is 2. The second-order valence-electron chi connectivity index (χ2n) is 4.78. The van der Waals surface area contributed by atoms with E-state index in [1.54, 1.807) is 12.1 Å². The number of carboxylic acids is 1. The first-order chi connectivity index (χ1) is 9.49. The van der Waals surface area contributed by atoms with Gasteiger partial charge in [-0.2, -0.15) is 0 Å². The summed E-state index contributed by atoms with van der Waals surface area (Å²) in [6, 6.07) is 7.24. The number of aliphatic carboxylic acids is 1. The second kappa shape index (κ2) is 5.73. The topological polar surface area (TPSA) is 86.7 Å². The predicted octanol–water partition coefficient (Wildman–Crippen LogP) is 0.413. The first-order valence-corrected chi connectivity index (χ1v) is 6.34. The number of fused-ring (bicyclic) bond motifs is 1. The minimum atomic E-state index is -0.920. The van der Waals surface area contributed by atoms with Crippen molar-refractivity contribution >= 4 is 23.5 Å². The highest BCUT2D eigenvalue weighted by atomic mass is 16.4. The van der Waals surface area contributed by atoms with Gasteiger partial charge in [0.2, 0.25) is 11.8 Å². The zero-order valence-electron chi connectivity index (χ0n) is 11.1. The van der Waals surface area contributed by atoms with Crippen molar-refractivity contribution in [1.29, 1.82) is 0 Å². The quantitative estimate of drug-likeness (QED) is 0.837. The van der Waals surface area contributed by atoms with Crippen LogP contribution in [0.25, 0.3) is 0 Å². The van der Waals surface area contributed by atoms with Crippen LogP contribution in [0, 0.1) is 5.92 Å². The SMILES string of the molecule is CC(=O)NCC(=O)N1CC(C(=O)O)Cc2ccccc21. The van der Waals surface area contributed by atoms with Crippen LogP contribution in [0.5, 0.6) is 0 Å². The zero-order valence-corrected chi connectivity index (χ0v) is 11.1. The summed E-state index contributed by atoms with van der Waals surface area (Å²) < 4.78 is 0. The third-order valence-electron chi connectivity index (χ3n) is 3.29. The van der Waals surface area contributed by atoms with Gasteiger partial charge < -0.3 is 15.3 Å². The summed E-state index contributed by atoms with van der Waals surface area (Å²) in [5.41, 5.74) is 1.56. The number of nitrogens with one attached hydrogen (secondary N) is 1. The summed E-state index contributed by atoms with van der Waals surface area (Å²) in [4.78, 5) is 35.7. The fourth-order valence-corrected chi connectivity index (χ4v) is 2.29. The van der Waals surface area contributed by atoms with E-state index in [1.165, 1.54) is 11.8 Å². The summed E-state index contributed by atoms with van der Waals surface area (Å²) in [5, 5.41) is 11.6. The predicted molar refractivity (Wildman–Crippen MR) is 72.3 cm³/mol. The highest BCUT2D eigenvalue weighted by molar-refractivity contribution is 5.98. The molecular formula is C14H16N2O4. The molecule has 0 radical (unpaired) electrons. The largest absolute Gasteiger partial charge is 0.481 e. The van der Waals surface area contributed by atoms with Crippen LogP contribution in [0.15, 0.2) is 24.3 Å². The molecule has 1 unspecified atom stereocenters. The number of carbonyl (C=O) groups excluding carboxylic acids is 2. The molecule has 106 valence electrons. The lowest BCUT2D eigenvalue weighted by Gasteiger charge is -2.33. The van der Waals surface area contributed by atoms with Crippen LogP contribution in [0.4, 0.5) is 5.69 Å². The summed E-state index contributed by atoms with van der Waals surface area (Å²) >= 11 is 0. The van der Waals surface area contributed by atoms with Gasteiger partial charge in [-0.25, -0.2) is 0 Å². The molecule has 20 heavy (non-hydrogen) atoms. The number of carboxylic acid groups (broad SMARTS) is 1. The Kier molecular flexibility index (Phi) is 4.02. The van der Waals surface area contributed by atoms with Crippen molar-refractivity contribution in [3.8, 4) is 0 Å². The third kappa shape index (κ3) is 2.96. The summed E-state index contributed by atoms with van der Waals surface area (Å²) in [7, 11) is 0. The molecule has 2 rings (SSSR count). The minimum absolute atomic E-state index is 0.129.